The van der Waals surface area contributed by atoms with Crippen molar-refractivity contribution in [2.45, 2.75) is 17.9 Å². The molecule has 0 amide bonds. The first kappa shape index (κ1) is 19.0. The number of benzene rings is 2. The SMILES string of the molecule is COc1ccc(-c2nnc(CSc3nnc(-c4cccc(C)c4)o3)o2)cc1OC. The lowest BCUT2D eigenvalue weighted by molar-refractivity contribution is 0.355. The Morgan fingerprint density at radius 2 is 1.59 bits per heavy atom. The van der Waals surface area contributed by atoms with E-state index in [1.807, 2.05) is 37.3 Å². The maximum Gasteiger partial charge on any atom is 0.277 e. The van der Waals surface area contributed by atoms with E-state index >= 15 is 0 Å². The molecular weight excluding hydrogens is 392 g/mol. The third kappa shape index (κ3) is 4.24. The van der Waals surface area contributed by atoms with Gasteiger partial charge >= 0.3 is 0 Å². The van der Waals surface area contributed by atoms with Gasteiger partial charge in [0.2, 0.25) is 17.7 Å². The molecule has 0 aliphatic heterocycles. The topological polar surface area (TPSA) is 96.3 Å². The Kier molecular flexibility index (Phi) is 5.48. The standard InChI is InChI=1S/C20H18N4O4S/c1-12-5-4-6-13(9-12)19-23-24-20(28-19)29-11-17-21-22-18(27-17)14-7-8-15(25-2)16(10-14)26-3/h4-10H,11H2,1-3H3. The van der Waals surface area contributed by atoms with Crippen molar-refractivity contribution in [2.75, 3.05) is 14.2 Å². The minimum absolute atomic E-state index is 0.396. The number of hydrogen-bond acceptors (Lipinski definition) is 9. The summed E-state index contributed by atoms with van der Waals surface area (Å²) in [4.78, 5) is 0. The average Bonchev–Trinajstić information content (AvgIpc) is 3.41. The fourth-order valence-electron chi connectivity index (χ4n) is 2.68. The molecule has 0 N–H and O–H groups in total. The summed E-state index contributed by atoms with van der Waals surface area (Å²) < 4.78 is 22.0. The highest BCUT2D eigenvalue weighted by Gasteiger charge is 2.14. The van der Waals surface area contributed by atoms with Gasteiger partial charge in [-0.05, 0) is 37.3 Å². The summed E-state index contributed by atoms with van der Waals surface area (Å²) in [6, 6.07) is 13.3. The highest BCUT2D eigenvalue weighted by molar-refractivity contribution is 7.98. The molecule has 0 spiro atoms. The molecular formula is C20H18N4O4S. The molecule has 0 fully saturated rings. The van der Waals surface area contributed by atoms with E-state index in [4.69, 9.17) is 18.3 Å². The van der Waals surface area contributed by atoms with Gasteiger partial charge in [0.15, 0.2) is 11.5 Å². The number of aryl methyl sites for hydroxylation is 1. The van der Waals surface area contributed by atoms with E-state index < -0.39 is 0 Å². The summed E-state index contributed by atoms with van der Waals surface area (Å²) in [6.07, 6.45) is 0. The smallest absolute Gasteiger partial charge is 0.277 e. The average molecular weight is 410 g/mol. The largest absolute Gasteiger partial charge is 0.493 e. The van der Waals surface area contributed by atoms with Crippen LogP contribution in [0.5, 0.6) is 11.5 Å². The highest BCUT2D eigenvalue weighted by atomic mass is 32.2. The Labute approximate surface area is 171 Å². The number of thioether (sulfide) groups is 1. The number of hydrogen-bond donors (Lipinski definition) is 0. The van der Waals surface area contributed by atoms with Gasteiger partial charge in [-0.15, -0.1) is 20.4 Å². The van der Waals surface area contributed by atoms with Crippen molar-refractivity contribution >= 4 is 11.8 Å². The molecule has 0 saturated heterocycles. The van der Waals surface area contributed by atoms with Gasteiger partial charge < -0.3 is 18.3 Å². The third-order valence-electron chi connectivity index (χ3n) is 4.09. The molecule has 0 bridgehead atoms. The van der Waals surface area contributed by atoms with Crippen LogP contribution in [-0.4, -0.2) is 34.6 Å². The van der Waals surface area contributed by atoms with Crippen LogP contribution in [0, 0.1) is 6.92 Å². The van der Waals surface area contributed by atoms with E-state index in [9.17, 15) is 0 Å². The zero-order chi connectivity index (χ0) is 20.2. The fraction of sp³-hybridized carbons (Fsp3) is 0.200. The first-order valence-electron chi connectivity index (χ1n) is 8.74. The molecule has 0 aliphatic rings. The van der Waals surface area contributed by atoms with Crippen molar-refractivity contribution < 1.29 is 18.3 Å². The second kappa shape index (κ2) is 8.36. The molecule has 0 radical (unpaired) electrons. The first-order valence-corrected chi connectivity index (χ1v) is 9.73. The summed E-state index contributed by atoms with van der Waals surface area (Å²) >= 11 is 1.33. The van der Waals surface area contributed by atoms with Gasteiger partial charge in [-0.3, -0.25) is 0 Å². The van der Waals surface area contributed by atoms with E-state index in [1.54, 1.807) is 26.4 Å². The van der Waals surface area contributed by atoms with Gasteiger partial charge in [-0.25, -0.2) is 0 Å². The summed E-state index contributed by atoms with van der Waals surface area (Å²) in [6.45, 7) is 2.01. The Morgan fingerprint density at radius 1 is 0.828 bits per heavy atom. The van der Waals surface area contributed by atoms with Crippen LogP contribution in [0.15, 0.2) is 56.5 Å². The molecule has 0 atom stereocenters. The second-order valence-corrected chi connectivity index (χ2v) is 7.03. The Balaban J connectivity index is 1.44. The van der Waals surface area contributed by atoms with Crippen LogP contribution in [0.1, 0.15) is 11.5 Å². The highest BCUT2D eigenvalue weighted by Crippen LogP contribution is 2.32. The van der Waals surface area contributed by atoms with Gasteiger partial charge in [0.1, 0.15) is 0 Å². The van der Waals surface area contributed by atoms with E-state index in [0.717, 1.165) is 16.7 Å². The lowest BCUT2D eigenvalue weighted by atomic mass is 10.1. The van der Waals surface area contributed by atoms with Crippen LogP contribution in [0.3, 0.4) is 0 Å². The van der Waals surface area contributed by atoms with Gasteiger partial charge in [-0.2, -0.15) is 0 Å². The number of methoxy groups -OCH3 is 2. The quantitative estimate of drug-likeness (QED) is 0.411. The lowest BCUT2D eigenvalue weighted by Crippen LogP contribution is -1.90. The molecule has 0 saturated carbocycles. The Morgan fingerprint density at radius 3 is 2.38 bits per heavy atom. The van der Waals surface area contributed by atoms with E-state index in [2.05, 4.69) is 20.4 Å². The predicted molar refractivity (Wildman–Crippen MR) is 107 cm³/mol. The molecule has 0 unspecified atom stereocenters. The molecule has 0 aliphatic carbocycles. The summed E-state index contributed by atoms with van der Waals surface area (Å²) in [5.41, 5.74) is 2.76. The lowest BCUT2D eigenvalue weighted by Gasteiger charge is -2.07. The zero-order valence-corrected chi connectivity index (χ0v) is 16.9. The van der Waals surface area contributed by atoms with Gasteiger partial charge in [0.05, 0.1) is 20.0 Å². The minimum Gasteiger partial charge on any atom is -0.493 e. The summed E-state index contributed by atoms with van der Waals surface area (Å²) in [5.74, 6) is 2.96. The number of ether oxygens (including phenoxy) is 2. The summed E-state index contributed by atoms with van der Waals surface area (Å²) in [5, 5.41) is 16.8. The summed E-state index contributed by atoms with van der Waals surface area (Å²) in [7, 11) is 3.16. The second-order valence-electron chi connectivity index (χ2n) is 6.10. The van der Waals surface area contributed by atoms with Crippen LogP contribution in [0.25, 0.3) is 22.9 Å². The Bertz CT molecular complexity index is 1130. The molecule has 29 heavy (non-hydrogen) atoms. The first-order chi connectivity index (χ1) is 14.2. The van der Waals surface area contributed by atoms with Crippen LogP contribution in [-0.2, 0) is 5.75 Å². The molecule has 148 valence electrons. The van der Waals surface area contributed by atoms with Gasteiger partial charge in [0.25, 0.3) is 5.22 Å². The Hall–Kier alpha value is -3.33. The van der Waals surface area contributed by atoms with Crippen LogP contribution < -0.4 is 9.47 Å². The number of rotatable bonds is 7. The van der Waals surface area contributed by atoms with Gasteiger partial charge in [-0.1, -0.05) is 29.5 Å². The van der Waals surface area contributed by atoms with E-state index in [-0.39, 0.29) is 0 Å². The van der Waals surface area contributed by atoms with Crippen molar-refractivity contribution in [3.8, 4) is 34.4 Å². The number of aromatic nitrogens is 4. The zero-order valence-electron chi connectivity index (χ0n) is 16.1. The van der Waals surface area contributed by atoms with Crippen LogP contribution >= 0.6 is 11.8 Å². The van der Waals surface area contributed by atoms with Crippen LogP contribution in [0.4, 0.5) is 0 Å². The fourth-order valence-corrected chi connectivity index (χ4v) is 3.28. The predicted octanol–water partition coefficient (Wildman–Crippen LogP) is 4.40. The normalized spacial score (nSPS) is 10.9. The molecule has 8 nitrogen and oxygen atoms in total. The molecule has 2 aromatic carbocycles. The van der Waals surface area contributed by atoms with E-state index in [0.29, 0.717) is 40.1 Å². The van der Waals surface area contributed by atoms with Crippen molar-refractivity contribution in [3.05, 3.63) is 53.9 Å². The third-order valence-corrected chi connectivity index (χ3v) is 4.89. The maximum absolute atomic E-state index is 5.74. The number of nitrogens with zero attached hydrogens (tertiary/aromatic N) is 4. The maximum atomic E-state index is 5.74. The monoisotopic (exact) mass is 410 g/mol. The van der Waals surface area contributed by atoms with Gasteiger partial charge in [0, 0.05) is 11.1 Å². The molecule has 2 heterocycles. The van der Waals surface area contributed by atoms with Crippen molar-refractivity contribution in [2.24, 2.45) is 0 Å². The van der Waals surface area contributed by atoms with Crippen molar-refractivity contribution in [3.63, 3.8) is 0 Å². The molecule has 2 aromatic heterocycles. The van der Waals surface area contributed by atoms with E-state index in [1.165, 1.54) is 11.8 Å². The molecule has 4 rings (SSSR count). The minimum atomic E-state index is 0.396. The van der Waals surface area contributed by atoms with Crippen molar-refractivity contribution in [1.82, 2.24) is 20.4 Å². The molecule has 9 heteroatoms. The van der Waals surface area contributed by atoms with Crippen molar-refractivity contribution in [1.29, 1.82) is 0 Å². The molecule has 4 aromatic rings. The van der Waals surface area contributed by atoms with Crippen LogP contribution in [0.2, 0.25) is 0 Å².